The third-order valence-corrected chi connectivity index (χ3v) is 3.48. The van der Waals surface area contributed by atoms with Crippen molar-refractivity contribution in [2.75, 3.05) is 0 Å². The number of rotatable bonds is 2. The lowest BCUT2D eigenvalue weighted by Crippen LogP contribution is -2.02. The lowest BCUT2D eigenvalue weighted by Gasteiger charge is -2.08. The van der Waals surface area contributed by atoms with Gasteiger partial charge in [0.2, 0.25) is 0 Å². The topological polar surface area (TPSA) is 38.0 Å². The summed E-state index contributed by atoms with van der Waals surface area (Å²) in [5.41, 5.74) is 4.98. The fourth-order valence-electron chi connectivity index (χ4n) is 1.99. The molecule has 1 N–H and O–H groups in total. The maximum Gasteiger partial charge on any atom is 0.0718 e. The molecule has 0 unspecified atom stereocenters. The average molecular weight is 295 g/mol. The smallest absolute Gasteiger partial charge is 0.0718 e. The first-order valence-electron chi connectivity index (χ1n) is 5.47. The standard InChI is InChI=1S/C13H15BrN2O/c1-8-6-11(14)4-5-13(8)16-10(3)12(7-17)9(2)15-16/h4-6,17H,7H2,1-3H3. The van der Waals surface area contributed by atoms with Crippen molar-refractivity contribution in [2.45, 2.75) is 27.4 Å². The first kappa shape index (κ1) is 12.3. The van der Waals surface area contributed by atoms with Gasteiger partial charge in [0, 0.05) is 15.7 Å². The number of hydrogen-bond acceptors (Lipinski definition) is 2. The molecule has 0 saturated carbocycles. The summed E-state index contributed by atoms with van der Waals surface area (Å²) < 4.78 is 2.95. The van der Waals surface area contributed by atoms with Gasteiger partial charge in [-0.1, -0.05) is 15.9 Å². The summed E-state index contributed by atoms with van der Waals surface area (Å²) in [7, 11) is 0. The van der Waals surface area contributed by atoms with Crippen LogP contribution < -0.4 is 0 Å². The lowest BCUT2D eigenvalue weighted by atomic mass is 10.2. The van der Waals surface area contributed by atoms with Gasteiger partial charge in [0.15, 0.2) is 0 Å². The number of aryl methyl sites for hydroxylation is 2. The summed E-state index contributed by atoms with van der Waals surface area (Å²) in [5, 5.41) is 13.8. The highest BCUT2D eigenvalue weighted by Gasteiger charge is 2.13. The molecule has 0 amide bonds. The van der Waals surface area contributed by atoms with E-state index in [1.54, 1.807) is 0 Å². The highest BCUT2D eigenvalue weighted by Crippen LogP contribution is 2.23. The van der Waals surface area contributed by atoms with Crippen LogP contribution >= 0.6 is 15.9 Å². The van der Waals surface area contributed by atoms with Gasteiger partial charge in [-0.25, -0.2) is 4.68 Å². The van der Waals surface area contributed by atoms with Crippen LogP contribution in [0.3, 0.4) is 0 Å². The molecule has 0 spiro atoms. The molecule has 0 radical (unpaired) electrons. The lowest BCUT2D eigenvalue weighted by molar-refractivity contribution is 0.280. The van der Waals surface area contributed by atoms with Gasteiger partial charge in [-0.2, -0.15) is 5.10 Å². The Labute approximate surface area is 109 Å². The van der Waals surface area contributed by atoms with Gasteiger partial charge < -0.3 is 5.11 Å². The van der Waals surface area contributed by atoms with Gasteiger partial charge in [-0.3, -0.25) is 0 Å². The minimum absolute atomic E-state index is 0.0350. The second-order valence-corrected chi connectivity index (χ2v) is 5.07. The zero-order valence-corrected chi connectivity index (χ0v) is 11.7. The van der Waals surface area contributed by atoms with Crippen LogP contribution in [-0.4, -0.2) is 14.9 Å². The molecule has 0 fully saturated rings. The molecule has 17 heavy (non-hydrogen) atoms. The molecule has 0 atom stereocenters. The van der Waals surface area contributed by atoms with Crippen molar-refractivity contribution in [2.24, 2.45) is 0 Å². The van der Waals surface area contributed by atoms with Crippen LogP contribution in [0.2, 0.25) is 0 Å². The Morgan fingerprint density at radius 3 is 2.53 bits per heavy atom. The molecular formula is C13H15BrN2O. The van der Waals surface area contributed by atoms with E-state index in [4.69, 9.17) is 0 Å². The molecule has 0 aliphatic rings. The fraction of sp³-hybridized carbons (Fsp3) is 0.308. The average Bonchev–Trinajstić information content (AvgIpc) is 2.54. The van der Waals surface area contributed by atoms with Crippen LogP contribution in [0.25, 0.3) is 5.69 Å². The molecule has 90 valence electrons. The third kappa shape index (κ3) is 2.15. The molecule has 3 nitrogen and oxygen atoms in total. The normalized spacial score (nSPS) is 10.9. The number of aliphatic hydroxyl groups excluding tert-OH is 1. The summed E-state index contributed by atoms with van der Waals surface area (Å²) in [6.45, 7) is 5.98. The van der Waals surface area contributed by atoms with Crippen LogP contribution in [0.4, 0.5) is 0 Å². The van der Waals surface area contributed by atoms with E-state index in [-0.39, 0.29) is 6.61 Å². The molecule has 1 aromatic carbocycles. The Kier molecular flexibility index (Phi) is 3.35. The van der Waals surface area contributed by atoms with Crippen molar-refractivity contribution in [3.05, 3.63) is 45.2 Å². The number of aliphatic hydroxyl groups is 1. The molecule has 1 heterocycles. The number of nitrogens with zero attached hydrogens (tertiary/aromatic N) is 2. The predicted molar refractivity (Wildman–Crippen MR) is 71.4 cm³/mol. The molecule has 0 aliphatic carbocycles. The summed E-state index contributed by atoms with van der Waals surface area (Å²) in [4.78, 5) is 0. The van der Waals surface area contributed by atoms with Crippen molar-refractivity contribution in [1.82, 2.24) is 9.78 Å². The number of benzene rings is 1. The second kappa shape index (κ2) is 4.63. The van der Waals surface area contributed by atoms with E-state index in [1.807, 2.05) is 30.7 Å². The highest BCUT2D eigenvalue weighted by molar-refractivity contribution is 9.10. The first-order valence-corrected chi connectivity index (χ1v) is 6.26. The third-order valence-electron chi connectivity index (χ3n) is 2.99. The SMILES string of the molecule is Cc1cc(Br)ccc1-n1nc(C)c(CO)c1C. The summed E-state index contributed by atoms with van der Waals surface area (Å²) >= 11 is 3.45. The second-order valence-electron chi connectivity index (χ2n) is 4.15. The van der Waals surface area contributed by atoms with E-state index in [0.717, 1.165) is 32.7 Å². The van der Waals surface area contributed by atoms with Gasteiger partial charge in [-0.15, -0.1) is 0 Å². The molecular weight excluding hydrogens is 280 g/mol. The monoisotopic (exact) mass is 294 g/mol. The summed E-state index contributed by atoms with van der Waals surface area (Å²) in [5.74, 6) is 0. The number of halogens is 1. The van der Waals surface area contributed by atoms with Crippen molar-refractivity contribution in [3.63, 3.8) is 0 Å². The van der Waals surface area contributed by atoms with Crippen LogP contribution in [0.1, 0.15) is 22.5 Å². The highest BCUT2D eigenvalue weighted by atomic mass is 79.9. The van der Waals surface area contributed by atoms with Crippen LogP contribution in [0, 0.1) is 20.8 Å². The quantitative estimate of drug-likeness (QED) is 0.924. The maximum atomic E-state index is 9.31. The van der Waals surface area contributed by atoms with Crippen LogP contribution in [0.15, 0.2) is 22.7 Å². The fourth-order valence-corrected chi connectivity index (χ4v) is 2.47. The zero-order valence-electron chi connectivity index (χ0n) is 10.2. The van der Waals surface area contributed by atoms with Gasteiger partial charge in [0.1, 0.15) is 0 Å². The Morgan fingerprint density at radius 1 is 1.29 bits per heavy atom. The minimum atomic E-state index is 0.0350. The van der Waals surface area contributed by atoms with Gasteiger partial charge in [0.05, 0.1) is 18.0 Å². The van der Waals surface area contributed by atoms with Crippen molar-refractivity contribution in [1.29, 1.82) is 0 Å². The molecule has 2 rings (SSSR count). The Hall–Kier alpha value is -1.13. The number of aromatic nitrogens is 2. The molecule has 0 bridgehead atoms. The first-order chi connectivity index (χ1) is 8.04. The molecule has 0 saturated heterocycles. The van der Waals surface area contributed by atoms with Crippen molar-refractivity contribution >= 4 is 15.9 Å². The van der Waals surface area contributed by atoms with E-state index in [9.17, 15) is 5.11 Å². The van der Waals surface area contributed by atoms with Gasteiger partial charge in [-0.05, 0) is 44.5 Å². The van der Waals surface area contributed by atoms with Crippen molar-refractivity contribution in [3.8, 4) is 5.69 Å². The van der Waals surface area contributed by atoms with Crippen LogP contribution in [0.5, 0.6) is 0 Å². The van der Waals surface area contributed by atoms with Gasteiger partial charge in [0.25, 0.3) is 0 Å². The molecule has 4 heteroatoms. The Balaban J connectivity index is 2.61. The van der Waals surface area contributed by atoms with E-state index < -0.39 is 0 Å². The Bertz CT molecular complexity index is 561. The van der Waals surface area contributed by atoms with Crippen molar-refractivity contribution < 1.29 is 5.11 Å². The maximum absolute atomic E-state index is 9.31. The predicted octanol–water partition coefficient (Wildman–Crippen LogP) is 3.05. The van der Waals surface area contributed by atoms with E-state index in [0.29, 0.717) is 0 Å². The molecule has 0 aliphatic heterocycles. The summed E-state index contributed by atoms with van der Waals surface area (Å²) in [6.07, 6.45) is 0. The van der Waals surface area contributed by atoms with Crippen LogP contribution in [-0.2, 0) is 6.61 Å². The molecule has 1 aromatic heterocycles. The zero-order chi connectivity index (χ0) is 12.6. The van der Waals surface area contributed by atoms with E-state index >= 15 is 0 Å². The van der Waals surface area contributed by atoms with E-state index in [1.165, 1.54) is 0 Å². The minimum Gasteiger partial charge on any atom is -0.392 e. The number of hydrogen-bond donors (Lipinski definition) is 1. The largest absolute Gasteiger partial charge is 0.392 e. The Morgan fingerprint density at radius 2 is 2.00 bits per heavy atom. The van der Waals surface area contributed by atoms with Gasteiger partial charge >= 0.3 is 0 Å². The summed E-state index contributed by atoms with van der Waals surface area (Å²) in [6, 6.07) is 6.09. The van der Waals surface area contributed by atoms with E-state index in [2.05, 4.69) is 34.0 Å². The molecule has 2 aromatic rings.